The highest BCUT2D eigenvalue weighted by atomic mass is 15.1. The van der Waals surface area contributed by atoms with Gasteiger partial charge in [-0.3, -0.25) is 0 Å². The van der Waals surface area contributed by atoms with Gasteiger partial charge in [-0.25, -0.2) is 0 Å². The zero-order valence-electron chi connectivity index (χ0n) is 16.9. The minimum Gasteiger partial charge on any atom is -0.317 e. The van der Waals surface area contributed by atoms with Crippen LogP contribution in [0.5, 0.6) is 0 Å². The van der Waals surface area contributed by atoms with E-state index in [1.807, 2.05) is 0 Å². The van der Waals surface area contributed by atoms with E-state index in [4.69, 9.17) is 0 Å². The van der Waals surface area contributed by atoms with Crippen molar-refractivity contribution in [3.8, 4) is 0 Å². The molecule has 0 atom stereocenters. The quantitative estimate of drug-likeness (QED) is 0.348. The van der Waals surface area contributed by atoms with Crippen LogP contribution in [0.25, 0.3) is 5.57 Å². The highest BCUT2D eigenvalue weighted by Gasteiger charge is 2.11. The normalized spacial score (nSPS) is 10.4. The summed E-state index contributed by atoms with van der Waals surface area (Å²) < 4.78 is 0. The second-order valence-electron chi connectivity index (χ2n) is 7.32. The second-order valence-corrected chi connectivity index (χ2v) is 7.32. The fourth-order valence-electron chi connectivity index (χ4n) is 3.39. The van der Waals surface area contributed by atoms with Crippen LogP contribution in [0.3, 0.4) is 0 Å². The van der Waals surface area contributed by atoms with Crippen LogP contribution >= 0.6 is 0 Å². The summed E-state index contributed by atoms with van der Waals surface area (Å²) in [6.07, 6.45) is 2.25. The third-order valence-corrected chi connectivity index (χ3v) is 5.05. The summed E-state index contributed by atoms with van der Waals surface area (Å²) in [5.41, 5.74) is 8.38. The van der Waals surface area contributed by atoms with Gasteiger partial charge in [-0.2, -0.15) is 0 Å². The van der Waals surface area contributed by atoms with Crippen molar-refractivity contribution in [1.29, 1.82) is 0 Å². The molecule has 0 N–H and O–H groups in total. The van der Waals surface area contributed by atoms with E-state index in [1.165, 1.54) is 27.8 Å². The van der Waals surface area contributed by atoms with Crippen molar-refractivity contribution in [3.05, 3.63) is 138 Å². The third kappa shape index (κ3) is 4.47. The Labute approximate surface area is 173 Å². The number of hydrogen-bond donors (Lipinski definition) is 0. The number of nitrogens with zero attached hydrogens (tertiary/aromatic N) is 1. The van der Waals surface area contributed by atoms with E-state index >= 15 is 0 Å². The monoisotopic (exact) mass is 375 g/mol. The van der Waals surface area contributed by atoms with E-state index in [0.29, 0.717) is 0 Å². The van der Waals surface area contributed by atoms with Crippen LogP contribution in [0.4, 0.5) is 11.4 Å². The molecule has 0 aliphatic rings. The van der Waals surface area contributed by atoms with Gasteiger partial charge in [0.1, 0.15) is 0 Å². The molecule has 4 rings (SSSR count). The van der Waals surface area contributed by atoms with Crippen molar-refractivity contribution in [3.63, 3.8) is 0 Å². The Morgan fingerprint density at radius 1 is 0.517 bits per heavy atom. The maximum absolute atomic E-state index is 2.27. The Bertz CT molecular complexity index is 990. The average Bonchev–Trinajstić information content (AvgIpc) is 2.77. The Morgan fingerprint density at radius 3 is 1.28 bits per heavy atom. The molecule has 0 aliphatic carbocycles. The Kier molecular flexibility index (Phi) is 5.58. The molecule has 0 bridgehead atoms. The molecule has 0 unspecified atom stereocenters. The van der Waals surface area contributed by atoms with Gasteiger partial charge in [-0.05, 0) is 49.2 Å². The van der Waals surface area contributed by atoms with Crippen molar-refractivity contribution < 1.29 is 0 Å². The molecule has 0 fully saturated rings. The predicted molar refractivity (Wildman–Crippen MR) is 124 cm³/mol. The molecular weight excluding hydrogens is 350 g/mol. The van der Waals surface area contributed by atoms with E-state index in [9.17, 15) is 0 Å². The van der Waals surface area contributed by atoms with E-state index in [1.54, 1.807) is 0 Å². The lowest BCUT2D eigenvalue weighted by atomic mass is 9.98. The van der Waals surface area contributed by atoms with Gasteiger partial charge in [0.2, 0.25) is 0 Å². The third-order valence-electron chi connectivity index (χ3n) is 5.05. The number of rotatable bonds is 5. The molecule has 0 aliphatic heterocycles. The van der Waals surface area contributed by atoms with Gasteiger partial charge in [0.25, 0.3) is 0 Å². The zero-order chi connectivity index (χ0) is 20.1. The van der Waals surface area contributed by atoms with Crippen molar-refractivity contribution >= 4 is 16.9 Å². The van der Waals surface area contributed by atoms with Crippen molar-refractivity contribution in [2.24, 2.45) is 0 Å². The zero-order valence-corrected chi connectivity index (χ0v) is 16.9. The fraction of sp³-hybridized carbons (Fsp3) is 0.0714. The van der Waals surface area contributed by atoms with Crippen LogP contribution < -0.4 is 4.90 Å². The smallest absolute Gasteiger partial charge is 0.0455 e. The van der Waals surface area contributed by atoms with Crippen LogP contribution in [0.1, 0.15) is 22.3 Å². The Hall–Kier alpha value is -3.58. The highest BCUT2D eigenvalue weighted by Crippen LogP contribution is 2.31. The summed E-state index contributed by atoms with van der Waals surface area (Å²) in [7, 11) is 0. The van der Waals surface area contributed by atoms with E-state index in [-0.39, 0.29) is 0 Å². The molecule has 4 aromatic rings. The highest BCUT2D eigenvalue weighted by molar-refractivity contribution is 5.83. The molecule has 0 saturated carbocycles. The molecule has 1 nitrogen and oxygen atoms in total. The molecule has 0 aromatic heterocycles. The topological polar surface area (TPSA) is 3.24 Å². The summed E-state index contributed by atoms with van der Waals surface area (Å²) in [6, 6.07) is 38.5. The number of benzene rings is 4. The first-order valence-corrected chi connectivity index (χ1v) is 9.96. The first-order chi connectivity index (χ1) is 14.2. The Balaban J connectivity index is 1.90. The molecular formula is C28H25N. The first kappa shape index (κ1) is 18.8. The van der Waals surface area contributed by atoms with Crippen LogP contribution in [-0.4, -0.2) is 0 Å². The first-order valence-electron chi connectivity index (χ1n) is 9.96. The maximum atomic E-state index is 2.27. The van der Waals surface area contributed by atoms with Crippen molar-refractivity contribution in [1.82, 2.24) is 0 Å². The van der Waals surface area contributed by atoms with Gasteiger partial charge in [-0.15, -0.1) is 0 Å². The van der Waals surface area contributed by atoms with Gasteiger partial charge in [0.05, 0.1) is 0 Å². The molecule has 4 aromatic carbocycles. The number of hydrogen-bond acceptors (Lipinski definition) is 1. The average molecular weight is 376 g/mol. The molecule has 0 saturated heterocycles. The van der Waals surface area contributed by atoms with Gasteiger partial charge < -0.3 is 4.90 Å². The van der Waals surface area contributed by atoms with Crippen LogP contribution in [-0.2, 0) is 0 Å². The molecule has 0 amide bonds. The van der Waals surface area contributed by atoms with Gasteiger partial charge in [-0.1, -0.05) is 96.1 Å². The SMILES string of the molecule is Cc1ccc(N(C=C(c2ccccc2)c2ccccc2)c2ccc(C)cc2)cc1. The predicted octanol–water partition coefficient (Wildman–Crippen LogP) is 7.53. The molecule has 0 spiro atoms. The molecule has 0 radical (unpaired) electrons. The standard InChI is InChI=1S/C28H25N/c1-22-13-17-26(18-14-22)29(27-19-15-23(2)16-20-27)21-28(24-9-5-3-6-10-24)25-11-7-4-8-12-25/h3-21H,1-2H3. The van der Waals surface area contributed by atoms with Crippen molar-refractivity contribution in [2.45, 2.75) is 13.8 Å². The van der Waals surface area contributed by atoms with Crippen molar-refractivity contribution in [2.75, 3.05) is 4.90 Å². The number of aryl methyl sites for hydroxylation is 2. The fourth-order valence-corrected chi connectivity index (χ4v) is 3.39. The lowest BCUT2D eigenvalue weighted by Crippen LogP contribution is -2.10. The summed E-state index contributed by atoms with van der Waals surface area (Å²) in [5.74, 6) is 0. The van der Waals surface area contributed by atoms with Gasteiger partial charge >= 0.3 is 0 Å². The second kappa shape index (κ2) is 8.62. The largest absolute Gasteiger partial charge is 0.317 e. The lowest BCUT2D eigenvalue weighted by Gasteiger charge is -2.24. The summed E-state index contributed by atoms with van der Waals surface area (Å²) in [4.78, 5) is 2.27. The number of anilines is 2. The maximum Gasteiger partial charge on any atom is 0.0455 e. The molecule has 0 heterocycles. The summed E-state index contributed by atoms with van der Waals surface area (Å²) in [5, 5.41) is 0. The van der Waals surface area contributed by atoms with E-state index in [2.05, 4.69) is 134 Å². The molecule has 142 valence electrons. The van der Waals surface area contributed by atoms with Crippen LogP contribution in [0, 0.1) is 13.8 Å². The van der Waals surface area contributed by atoms with E-state index in [0.717, 1.165) is 11.4 Å². The Morgan fingerprint density at radius 2 is 0.897 bits per heavy atom. The van der Waals surface area contributed by atoms with E-state index < -0.39 is 0 Å². The van der Waals surface area contributed by atoms with Crippen LogP contribution in [0.2, 0.25) is 0 Å². The lowest BCUT2D eigenvalue weighted by molar-refractivity contribution is 1.26. The molecule has 1 heteroatoms. The minimum atomic E-state index is 1.14. The van der Waals surface area contributed by atoms with Gasteiger partial charge in [0, 0.05) is 23.1 Å². The van der Waals surface area contributed by atoms with Crippen LogP contribution in [0.15, 0.2) is 115 Å². The minimum absolute atomic E-state index is 1.14. The summed E-state index contributed by atoms with van der Waals surface area (Å²) >= 11 is 0. The summed E-state index contributed by atoms with van der Waals surface area (Å²) in [6.45, 7) is 4.24. The van der Waals surface area contributed by atoms with Gasteiger partial charge in [0.15, 0.2) is 0 Å². The molecule has 29 heavy (non-hydrogen) atoms.